The molecule has 0 saturated heterocycles. The Balaban J connectivity index is 0.00000242. The van der Waals surface area contributed by atoms with Crippen molar-refractivity contribution >= 4 is 29.8 Å². The second-order valence-electron chi connectivity index (χ2n) is 8.15. The number of ether oxygens (including phenoxy) is 1. The first-order valence-corrected chi connectivity index (χ1v) is 12.5. The fourth-order valence-corrected chi connectivity index (χ4v) is 4.16. The van der Waals surface area contributed by atoms with E-state index in [1.807, 2.05) is 0 Å². The standard InChI is InChI=1S/C23H16F3N6O7P.2Na/c1-38-21-28-8-12(9-29-21)16-5-6-17-18(30-16)19-15(10-27-17)20(33)31(11-39-40(35,36)37)22(34)32(19)14-4-2-3-13(7-14)23(24,25)26;;/h2-10H,11H2,1H3,(H2,35,36,37);;/q;2*+1/p-2. The van der Waals surface area contributed by atoms with E-state index in [1.165, 1.54) is 31.6 Å². The van der Waals surface area contributed by atoms with Crippen molar-refractivity contribution in [3.05, 3.63) is 81.4 Å². The molecule has 206 valence electrons. The second-order valence-corrected chi connectivity index (χ2v) is 9.30. The van der Waals surface area contributed by atoms with E-state index in [9.17, 15) is 37.1 Å². The normalized spacial score (nSPS) is 11.7. The molecule has 13 nitrogen and oxygen atoms in total. The van der Waals surface area contributed by atoms with Gasteiger partial charge in [-0.15, -0.1) is 0 Å². The molecule has 0 aliphatic carbocycles. The van der Waals surface area contributed by atoms with Gasteiger partial charge in [-0.3, -0.25) is 14.3 Å². The number of alkyl halides is 3. The molecule has 0 saturated carbocycles. The summed E-state index contributed by atoms with van der Waals surface area (Å²) in [6.45, 7) is -1.31. The van der Waals surface area contributed by atoms with Gasteiger partial charge in [-0.25, -0.2) is 24.3 Å². The number of aromatic nitrogens is 6. The predicted octanol–water partition coefficient (Wildman–Crippen LogP) is -4.61. The van der Waals surface area contributed by atoms with Gasteiger partial charge in [0.25, 0.3) is 5.56 Å². The molecular formula is C23H14F3N6Na2O7P. The summed E-state index contributed by atoms with van der Waals surface area (Å²) in [5, 5.41) is -0.324. The monoisotopic (exact) mass is 620 g/mol. The minimum atomic E-state index is -5.64. The van der Waals surface area contributed by atoms with E-state index in [4.69, 9.17) is 4.74 Å². The van der Waals surface area contributed by atoms with Crippen molar-refractivity contribution in [2.24, 2.45) is 0 Å². The van der Waals surface area contributed by atoms with Crippen molar-refractivity contribution in [2.75, 3.05) is 7.11 Å². The van der Waals surface area contributed by atoms with E-state index in [0.717, 1.165) is 22.9 Å². The summed E-state index contributed by atoms with van der Waals surface area (Å²) in [5.41, 5.74) is -3.30. The summed E-state index contributed by atoms with van der Waals surface area (Å²) >= 11 is 0. The van der Waals surface area contributed by atoms with Crippen LogP contribution in [0.1, 0.15) is 5.56 Å². The van der Waals surface area contributed by atoms with Crippen molar-refractivity contribution in [1.82, 2.24) is 29.1 Å². The van der Waals surface area contributed by atoms with Crippen molar-refractivity contribution in [2.45, 2.75) is 12.9 Å². The van der Waals surface area contributed by atoms with Crippen LogP contribution in [0, 0.1) is 0 Å². The molecule has 1 aromatic carbocycles. The molecule has 0 N–H and O–H groups in total. The molecule has 42 heavy (non-hydrogen) atoms. The van der Waals surface area contributed by atoms with Crippen LogP contribution in [0.4, 0.5) is 13.2 Å². The van der Waals surface area contributed by atoms with Crippen molar-refractivity contribution in [1.29, 1.82) is 0 Å². The first-order valence-electron chi connectivity index (χ1n) is 11.0. The van der Waals surface area contributed by atoms with E-state index >= 15 is 0 Å². The summed E-state index contributed by atoms with van der Waals surface area (Å²) in [7, 11) is -4.27. The molecule has 0 fully saturated rings. The number of phosphoric ester groups is 1. The average Bonchev–Trinajstić information content (AvgIpc) is 2.92. The average molecular weight is 620 g/mol. The molecule has 5 aromatic rings. The van der Waals surface area contributed by atoms with E-state index in [0.29, 0.717) is 11.6 Å². The molecule has 5 rings (SSSR count). The first kappa shape index (κ1) is 34.0. The van der Waals surface area contributed by atoms with E-state index in [1.54, 1.807) is 6.07 Å². The number of hydrogen-bond acceptors (Lipinski definition) is 11. The zero-order chi connectivity index (χ0) is 28.8. The van der Waals surface area contributed by atoms with Crippen LogP contribution in [0.3, 0.4) is 0 Å². The summed E-state index contributed by atoms with van der Waals surface area (Å²) in [6, 6.07) is 6.79. The summed E-state index contributed by atoms with van der Waals surface area (Å²) in [4.78, 5) is 65.5. The molecule has 19 heteroatoms. The number of benzene rings is 1. The van der Waals surface area contributed by atoms with Gasteiger partial charge in [-0.05, 0) is 30.3 Å². The maximum absolute atomic E-state index is 13.5. The number of halogens is 3. The number of nitrogens with zero attached hydrogens (tertiary/aromatic N) is 6. The van der Waals surface area contributed by atoms with Gasteiger partial charge in [0.15, 0.2) is 0 Å². The van der Waals surface area contributed by atoms with Gasteiger partial charge in [0.2, 0.25) is 0 Å². The largest absolute Gasteiger partial charge is 1.00 e. The van der Waals surface area contributed by atoms with Crippen molar-refractivity contribution in [3.8, 4) is 23.0 Å². The fourth-order valence-electron chi connectivity index (χ4n) is 3.90. The Labute approximate surface area is 277 Å². The van der Waals surface area contributed by atoms with Gasteiger partial charge < -0.3 is 23.6 Å². The fraction of sp³-hybridized carbons (Fsp3) is 0.130. The summed E-state index contributed by atoms with van der Waals surface area (Å²) < 4.78 is 61.7. The van der Waals surface area contributed by atoms with Crippen LogP contribution >= 0.6 is 7.82 Å². The van der Waals surface area contributed by atoms with Crippen LogP contribution in [-0.2, 0) is 22.0 Å². The van der Waals surface area contributed by atoms with Gasteiger partial charge in [-0.2, -0.15) is 13.2 Å². The first-order chi connectivity index (χ1) is 18.9. The van der Waals surface area contributed by atoms with Crippen LogP contribution in [-0.4, -0.2) is 36.2 Å². The van der Waals surface area contributed by atoms with E-state index in [-0.39, 0.29) is 103 Å². The molecule has 0 radical (unpaired) electrons. The molecule has 0 bridgehead atoms. The van der Waals surface area contributed by atoms with Crippen LogP contribution < -0.4 is 84.9 Å². The quantitative estimate of drug-likeness (QED) is 0.101. The van der Waals surface area contributed by atoms with Crippen LogP contribution in [0.15, 0.2) is 64.6 Å². The summed E-state index contributed by atoms with van der Waals surface area (Å²) in [6.07, 6.45) is -0.945. The smallest absolute Gasteiger partial charge is 0.790 e. The Hall–Kier alpha value is -2.50. The zero-order valence-electron chi connectivity index (χ0n) is 22.0. The number of hydrogen-bond donors (Lipinski definition) is 0. The Bertz CT molecular complexity index is 1950. The van der Waals surface area contributed by atoms with Gasteiger partial charge in [0, 0.05) is 24.2 Å². The van der Waals surface area contributed by atoms with E-state index < -0.39 is 37.5 Å². The summed E-state index contributed by atoms with van der Waals surface area (Å²) in [5.74, 6) is 0. The molecule has 0 unspecified atom stereocenters. The molecule has 0 aliphatic heterocycles. The topological polar surface area (TPSA) is 177 Å². The maximum Gasteiger partial charge on any atom is 1.00 e. The van der Waals surface area contributed by atoms with Gasteiger partial charge in [0.1, 0.15) is 12.2 Å². The number of pyridine rings is 2. The molecule has 0 spiro atoms. The Morgan fingerprint density at radius 3 is 2.31 bits per heavy atom. The second kappa shape index (κ2) is 13.0. The molecule has 0 amide bonds. The maximum atomic E-state index is 13.5. The third-order valence-corrected chi connectivity index (χ3v) is 6.12. The van der Waals surface area contributed by atoms with Crippen LogP contribution in [0.5, 0.6) is 6.01 Å². The minimum absolute atomic E-state index is 0. The Kier molecular flexibility index (Phi) is 10.5. The third-order valence-electron chi connectivity index (χ3n) is 5.69. The number of phosphoric acid groups is 1. The Morgan fingerprint density at radius 1 is 1.00 bits per heavy atom. The predicted molar refractivity (Wildman–Crippen MR) is 128 cm³/mol. The molecular weight excluding hydrogens is 606 g/mol. The van der Waals surface area contributed by atoms with Crippen molar-refractivity contribution in [3.63, 3.8) is 0 Å². The molecule has 0 aliphatic rings. The third kappa shape index (κ3) is 6.83. The molecule has 4 heterocycles. The van der Waals surface area contributed by atoms with Crippen LogP contribution in [0.2, 0.25) is 0 Å². The minimum Gasteiger partial charge on any atom is -0.790 e. The zero-order valence-corrected chi connectivity index (χ0v) is 26.9. The molecule has 0 atom stereocenters. The number of rotatable bonds is 6. The van der Waals surface area contributed by atoms with Crippen molar-refractivity contribution < 1.29 is 95.9 Å². The van der Waals surface area contributed by atoms with Gasteiger partial charge in [-0.1, -0.05) is 6.07 Å². The van der Waals surface area contributed by atoms with Gasteiger partial charge >= 0.3 is 77.0 Å². The van der Waals surface area contributed by atoms with Gasteiger partial charge in [0.05, 0.1) is 48.3 Å². The Morgan fingerprint density at radius 2 is 1.69 bits per heavy atom. The van der Waals surface area contributed by atoms with Crippen LogP contribution in [0.25, 0.3) is 38.9 Å². The number of fused-ring (bicyclic) bond motifs is 3. The van der Waals surface area contributed by atoms with E-state index in [2.05, 4.69) is 24.5 Å². The number of methoxy groups -OCH3 is 1. The molecule has 4 aromatic heterocycles. The SMILES string of the molecule is COc1ncc(-c2ccc3ncc4c(=O)n(COP(=O)([O-])[O-])c(=O)n(-c5cccc(C(F)(F)F)c5)c4c3n2)cn1.[Na+].[Na+].